The zero-order chi connectivity index (χ0) is 17.3. The highest BCUT2D eigenvalue weighted by atomic mass is 127. The van der Waals surface area contributed by atoms with Gasteiger partial charge in [-0.25, -0.2) is 4.79 Å². The monoisotopic (exact) mass is 433 g/mol. The second-order valence-corrected chi connectivity index (χ2v) is 8.05. The van der Waals surface area contributed by atoms with Crippen LogP contribution in [0.15, 0.2) is 48.7 Å². The van der Waals surface area contributed by atoms with Crippen molar-refractivity contribution in [2.24, 2.45) is 0 Å². The molecule has 1 heterocycles. The molecular weight excluding hydrogens is 413 g/mol. The molecule has 0 spiro atoms. The molecule has 3 aromatic rings. The number of anilines is 2. The topological polar surface area (TPSA) is 56.9 Å². The molecule has 0 bridgehead atoms. The molecule has 0 unspecified atom stereocenters. The van der Waals surface area contributed by atoms with Gasteiger partial charge in [-0.1, -0.05) is 32.9 Å². The molecule has 0 fully saturated rings. The van der Waals surface area contributed by atoms with Gasteiger partial charge in [0.1, 0.15) is 0 Å². The van der Waals surface area contributed by atoms with Crippen LogP contribution in [0, 0.1) is 3.57 Å². The normalized spacial score (nSPS) is 11.5. The number of halogens is 1. The highest BCUT2D eigenvalue weighted by Crippen LogP contribution is 2.26. The first kappa shape index (κ1) is 16.8. The molecule has 0 aliphatic rings. The van der Waals surface area contributed by atoms with E-state index in [1.54, 1.807) is 0 Å². The number of fused-ring (bicyclic) bond motifs is 1. The highest BCUT2D eigenvalue weighted by Gasteiger charge is 2.14. The second-order valence-electron chi connectivity index (χ2n) is 6.80. The minimum absolute atomic E-state index is 0.0433. The van der Waals surface area contributed by atoms with E-state index in [1.165, 1.54) is 5.56 Å². The first-order valence-electron chi connectivity index (χ1n) is 7.78. The van der Waals surface area contributed by atoms with Crippen LogP contribution in [0.5, 0.6) is 0 Å². The summed E-state index contributed by atoms with van der Waals surface area (Å²) in [6, 6.07) is 13.8. The van der Waals surface area contributed by atoms with E-state index in [2.05, 4.69) is 65.0 Å². The molecule has 0 radical (unpaired) electrons. The average molecular weight is 433 g/mol. The van der Waals surface area contributed by atoms with Gasteiger partial charge in [0.2, 0.25) is 0 Å². The molecule has 2 amide bonds. The van der Waals surface area contributed by atoms with E-state index < -0.39 is 0 Å². The van der Waals surface area contributed by atoms with Gasteiger partial charge in [0.15, 0.2) is 0 Å². The summed E-state index contributed by atoms with van der Waals surface area (Å²) >= 11 is 2.26. The molecule has 4 nitrogen and oxygen atoms in total. The number of rotatable bonds is 2. The molecule has 3 N–H and O–H groups in total. The van der Waals surface area contributed by atoms with Crippen LogP contribution in [0.1, 0.15) is 26.3 Å². The summed E-state index contributed by atoms with van der Waals surface area (Å²) in [6.07, 6.45) is 1.81. The highest BCUT2D eigenvalue weighted by molar-refractivity contribution is 14.1. The lowest BCUT2D eigenvalue weighted by Crippen LogP contribution is -2.20. The van der Waals surface area contributed by atoms with Crippen molar-refractivity contribution in [1.29, 1.82) is 0 Å². The number of carbonyl (C=O) groups excluding carboxylic acids is 1. The summed E-state index contributed by atoms with van der Waals surface area (Å²) < 4.78 is 1.13. The molecule has 0 saturated heterocycles. The van der Waals surface area contributed by atoms with Gasteiger partial charge in [-0.15, -0.1) is 0 Å². The Bertz CT molecular complexity index is 893. The van der Waals surface area contributed by atoms with E-state index in [-0.39, 0.29) is 11.4 Å². The molecular formula is C19H20IN3O. The van der Waals surface area contributed by atoms with E-state index in [9.17, 15) is 4.79 Å². The van der Waals surface area contributed by atoms with Crippen LogP contribution < -0.4 is 10.6 Å². The van der Waals surface area contributed by atoms with Gasteiger partial charge in [-0.3, -0.25) is 0 Å². The zero-order valence-corrected chi connectivity index (χ0v) is 16.1. The summed E-state index contributed by atoms with van der Waals surface area (Å²) in [5, 5.41) is 6.82. The number of H-pyrrole nitrogens is 1. The predicted molar refractivity (Wildman–Crippen MR) is 109 cm³/mol. The molecule has 1 aromatic heterocycles. The number of hydrogen-bond donors (Lipinski definition) is 3. The lowest BCUT2D eigenvalue weighted by Gasteiger charge is -2.19. The van der Waals surface area contributed by atoms with Crippen LogP contribution in [-0.2, 0) is 5.41 Å². The van der Waals surface area contributed by atoms with Crippen LogP contribution in [0.25, 0.3) is 10.9 Å². The molecule has 124 valence electrons. The summed E-state index contributed by atoms with van der Waals surface area (Å²) in [6.45, 7) is 6.46. The number of aromatic amines is 1. The Balaban J connectivity index is 1.77. The molecule has 2 aromatic carbocycles. The van der Waals surface area contributed by atoms with Crippen molar-refractivity contribution in [3.8, 4) is 0 Å². The fourth-order valence-electron chi connectivity index (χ4n) is 2.54. The Hall–Kier alpha value is -2.02. The van der Waals surface area contributed by atoms with Crippen molar-refractivity contribution in [1.82, 2.24) is 4.98 Å². The fraction of sp³-hybridized carbons (Fsp3) is 0.211. The van der Waals surface area contributed by atoms with Gasteiger partial charge in [-0.2, -0.15) is 0 Å². The van der Waals surface area contributed by atoms with E-state index in [1.807, 2.05) is 42.6 Å². The quantitative estimate of drug-likeness (QED) is 0.446. The van der Waals surface area contributed by atoms with Gasteiger partial charge < -0.3 is 15.6 Å². The minimum Gasteiger partial charge on any atom is -0.359 e. The number of amides is 2. The van der Waals surface area contributed by atoms with Crippen LogP contribution in [-0.4, -0.2) is 11.0 Å². The number of benzene rings is 2. The zero-order valence-electron chi connectivity index (χ0n) is 13.9. The number of aromatic nitrogens is 1. The van der Waals surface area contributed by atoms with E-state index >= 15 is 0 Å². The van der Waals surface area contributed by atoms with Crippen molar-refractivity contribution in [3.63, 3.8) is 0 Å². The summed E-state index contributed by atoms with van der Waals surface area (Å²) in [5.41, 5.74) is 3.78. The van der Waals surface area contributed by atoms with Crippen molar-refractivity contribution >= 4 is 50.9 Å². The van der Waals surface area contributed by atoms with E-state index in [0.717, 1.165) is 25.8 Å². The van der Waals surface area contributed by atoms with Gasteiger partial charge in [0, 0.05) is 26.4 Å². The standard InChI is InChI=1S/C19H20IN3O/c1-19(2,3)12-5-4-6-14(9-12)22-18(24)23-17-11-21-16-8-7-13(20)10-15(16)17/h4-11,21H,1-3H3,(H2,22,23,24). The number of urea groups is 1. The number of carbonyl (C=O) groups is 1. The third-order valence-corrected chi connectivity index (χ3v) is 4.55. The van der Waals surface area contributed by atoms with Gasteiger partial charge >= 0.3 is 6.03 Å². The molecule has 0 saturated carbocycles. The minimum atomic E-state index is -0.249. The van der Waals surface area contributed by atoms with Crippen molar-refractivity contribution in [2.75, 3.05) is 10.6 Å². The third kappa shape index (κ3) is 3.72. The third-order valence-electron chi connectivity index (χ3n) is 3.88. The van der Waals surface area contributed by atoms with E-state index in [0.29, 0.717) is 0 Å². The Labute approximate surface area is 155 Å². The fourth-order valence-corrected chi connectivity index (χ4v) is 3.04. The van der Waals surface area contributed by atoms with Crippen LogP contribution >= 0.6 is 22.6 Å². The largest absolute Gasteiger partial charge is 0.359 e. The summed E-state index contributed by atoms with van der Waals surface area (Å²) in [7, 11) is 0. The molecule has 24 heavy (non-hydrogen) atoms. The van der Waals surface area contributed by atoms with Gasteiger partial charge in [-0.05, 0) is 63.9 Å². The smallest absolute Gasteiger partial charge is 0.323 e. The van der Waals surface area contributed by atoms with Crippen molar-refractivity contribution in [2.45, 2.75) is 26.2 Å². The lowest BCUT2D eigenvalue weighted by atomic mass is 9.87. The van der Waals surface area contributed by atoms with Crippen LogP contribution in [0.4, 0.5) is 16.2 Å². The molecule has 3 rings (SSSR count). The number of nitrogens with one attached hydrogen (secondary N) is 3. The first-order valence-corrected chi connectivity index (χ1v) is 8.86. The summed E-state index contributed by atoms with van der Waals surface area (Å²) in [5.74, 6) is 0. The number of hydrogen-bond acceptors (Lipinski definition) is 1. The van der Waals surface area contributed by atoms with Crippen LogP contribution in [0.3, 0.4) is 0 Å². The maximum atomic E-state index is 12.3. The maximum Gasteiger partial charge on any atom is 0.323 e. The summed E-state index contributed by atoms with van der Waals surface area (Å²) in [4.78, 5) is 15.5. The molecule has 0 aliphatic carbocycles. The Morgan fingerprint density at radius 2 is 1.88 bits per heavy atom. The molecule has 0 atom stereocenters. The van der Waals surface area contributed by atoms with Crippen molar-refractivity contribution < 1.29 is 4.79 Å². The first-order chi connectivity index (χ1) is 11.3. The molecule has 0 aliphatic heterocycles. The van der Waals surface area contributed by atoms with Gasteiger partial charge in [0.25, 0.3) is 0 Å². The van der Waals surface area contributed by atoms with Crippen LogP contribution in [0.2, 0.25) is 0 Å². The van der Waals surface area contributed by atoms with Gasteiger partial charge in [0.05, 0.1) is 5.69 Å². The Morgan fingerprint density at radius 3 is 2.62 bits per heavy atom. The Kier molecular flexibility index (Phi) is 4.54. The SMILES string of the molecule is CC(C)(C)c1cccc(NC(=O)Nc2c[nH]c3ccc(I)cc23)c1. The molecule has 5 heteroatoms. The van der Waals surface area contributed by atoms with E-state index in [4.69, 9.17) is 0 Å². The second kappa shape index (κ2) is 6.47. The Morgan fingerprint density at radius 1 is 1.08 bits per heavy atom. The lowest BCUT2D eigenvalue weighted by molar-refractivity contribution is 0.262. The predicted octanol–water partition coefficient (Wildman–Crippen LogP) is 5.71. The van der Waals surface area contributed by atoms with Crippen molar-refractivity contribution in [3.05, 3.63) is 57.8 Å². The maximum absolute atomic E-state index is 12.3. The average Bonchev–Trinajstić information content (AvgIpc) is 2.89.